The maximum Gasteiger partial charge on any atom is 0.304 e. The second kappa shape index (κ2) is 5.80. The summed E-state index contributed by atoms with van der Waals surface area (Å²) in [5.41, 5.74) is 1.30. The first-order valence-corrected chi connectivity index (χ1v) is 6.02. The average Bonchev–Trinajstić information content (AvgIpc) is 2.37. The van der Waals surface area contributed by atoms with E-state index in [0.717, 1.165) is 11.8 Å². The molecule has 0 amide bonds. The summed E-state index contributed by atoms with van der Waals surface area (Å²) in [5, 5.41) is 9.56. The van der Waals surface area contributed by atoms with Gasteiger partial charge in [-0.1, -0.05) is 23.7 Å². The fourth-order valence-electron chi connectivity index (χ4n) is 1.92. The van der Waals surface area contributed by atoms with Crippen molar-refractivity contribution >= 4 is 17.6 Å². The molecule has 0 fully saturated rings. The highest BCUT2D eigenvalue weighted by Gasteiger charge is 2.18. The van der Waals surface area contributed by atoms with Crippen molar-refractivity contribution in [3.63, 3.8) is 0 Å². The van der Waals surface area contributed by atoms with E-state index in [2.05, 4.69) is 4.98 Å². The molecule has 0 aliphatic rings. The molecule has 1 aromatic heterocycles. The first-order valence-electron chi connectivity index (χ1n) is 5.64. The minimum absolute atomic E-state index is 0.132. The van der Waals surface area contributed by atoms with Crippen LogP contribution in [0.2, 0.25) is 5.02 Å². The van der Waals surface area contributed by atoms with E-state index in [1.165, 1.54) is 12.3 Å². The zero-order chi connectivity index (χ0) is 13.8. The number of hydrogen-bond donors (Lipinski definition) is 1. The van der Waals surface area contributed by atoms with Crippen LogP contribution in [0.4, 0.5) is 4.39 Å². The van der Waals surface area contributed by atoms with E-state index < -0.39 is 17.7 Å². The van der Waals surface area contributed by atoms with E-state index >= 15 is 0 Å². The molecule has 0 spiro atoms. The van der Waals surface area contributed by atoms with Crippen molar-refractivity contribution in [1.29, 1.82) is 0 Å². The molecule has 2 aromatic rings. The van der Waals surface area contributed by atoms with E-state index in [4.69, 9.17) is 16.7 Å². The summed E-state index contributed by atoms with van der Waals surface area (Å²) in [4.78, 5) is 14.7. The second-order valence-electron chi connectivity index (χ2n) is 4.14. The van der Waals surface area contributed by atoms with Crippen LogP contribution in [0.5, 0.6) is 0 Å². The Morgan fingerprint density at radius 1 is 1.26 bits per heavy atom. The minimum atomic E-state index is -0.954. The van der Waals surface area contributed by atoms with Crippen molar-refractivity contribution in [2.45, 2.75) is 12.3 Å². The number of hydrogen-bond acceptors (Lipinski definition) is 2. The van der Waals surface area contributed by atoms with Crippen molar-refractivity contribution < 1.29 is 14.3 Å². The van der Waals surface area contributed by atoms with Gasteiger partial charge in [0.15, 0.2) is 0 Å². The monoisotopic (exact) mass is 279 g/mol. The normalized spacial score (nSPS) is 12.1. The molecule has 1 atom stereocenters. The molecular weight excluding hydrogens is 269 g/mol. The molecule has 0 radical (unpaired) electrons. The smallest absolute Gasteiger partial charge is 0.304 e. The number of carbonyl (C=O) groups is 1. The molecule has 19 heavy (non-hydrogen) atoms. The molecule has 3 nitrogen and oxygen atoms in total. The Hall–Kier alpha value is -1.94. The van der Waals surface area contributed by atoms with Crippen molar-refractivity contribution in [2.24, 2.45) is 0 Å². The highest BCUT2D eigenvalue weighted by molar-refractivity contribution is 6.30. The molecule has 98 valence electrons. The van der Waals surface area contributed by atoms with Crippen LogP contribution in [-0.4, -0.2) is 16.1 Å². The third-order valence-corrected chi connectivity index (χ3v) is 3.03. The first kappa shape index (κ1) is 13.5. The van der Waals surface area contributed by atoms with Gasteiger partial charge in [-0.3, -0.25) is 9.78 Å². The summed E-state index contributed by atoms with van der Waals surface area (Å²) in [7, 11) is 0. The Kier molecular flexibility index (Phi) is 4.12. The zero-order valence-electron chi connectivity index (χ0n) is 9.88. The van der Waals surface area contributed by atoms with E-state index in [1.54, 1.807) is 24.3 Å². The fourth-order valence-corrected chi connectivity index (χ4v) is 2.04. The number of aliphatic carboxylic acids is 1. The number of rotatable bonds is 4. The second-order valence-corrected chi connectivity index (χ2v) is 4.57. The maximum atomic E-state index is 13.2. The fraction of sp³-hybridized carbons (Fsp3) is 0.143. The summed E-state index contributed by atoms with van der Waals surface area (Å²) in [6.45, 7) is 0. The van der Waals surface area contributed by atoms with Crippen molar-refractivity contribution in [3.05, 3.63) is 64.7 Å². The minimum Gasteiger partial charge on any atom is -0.481 e. The lowest BCUT2D eigenvalue weighted by Gasteiger charge is -2.15. The number of carboxylic acid groups (broad SMARTS) is 1. The van der Waals surface area contributed by atoms with Gasteiger partial charge in [-0.15, -0.1) is 0 Å². The lowest BCUT2D eigenvalue weighted by atomic mass is 9.89. The van der Waals surface area contributed by atoms with Gasteiger partial charge < -0.3 is 5.11 Å². The van der Waals surface area contributed by atoms with Crippen LogP contribution in [0.25, 0.3) is 0 Å². The molecule has 0 bridgehead atoms. The van der Waals surface area contributed by atoms with Crippen LogP contribution in [0.15, 0.2) is 42.7 Å². The number of pyridine rings is 1. The summed E-state index contributed by atoms with van der Waals surface area (Å²) in [5.74, 6) is -1.89. The molecule has 0 saturated carbocycles. The highest BCUT2D eigenvalue weighted by atomic mass is 35.5. The van der Waals surface area contributed by atoms with Crippen LogP contribution in [0, 0.1) is 5.82 Å². The van der Waals surface area contributed by atoms with E-state index in [0.29, 0.717) is 10.6 Å². The van der Waals surface area contributed by atoms with Gasteiger partial charge in [-0.05, 0) is 29.3 Å². The Bertz CT molecular complexity index is 586. The van der Waals surface area contributed by atoms with E-state index in [1.807, 2.05) is 0 Å². The molecule has 0 aliphatic heterocycles. The largest absolute Gasteiger partial charge is 0.481 e. The molecule has 1 N–H and O–H groups in total. The Balaban J connectivity index is 2.40. The van der Waals surface area contributed by atoms with Gasteiger partial charge in [0.2, 0.25) is 0 Å². The Labute approximate surface area is 114 Å². The van der Waals surface area contributed by atoms with E-state index in [-0.39, 0.29) is 6.42 Å². The van der Waals surface area contributed by atoms with Gasteiger partial charge in [0.25, 0.3) is 0 Å². The summed E-state index contributed by atoms with van der Waals surface area (Å²) < 4.78 is 13.2. The topological polar surface area (TPSA) is 50.2 Å². The molecule has 0 saturated heterocycles. The van der Waals surface area contributed by atoms with Crippen molar-refractivity contribution in [2.75, 3.05) is 0 Å². The van der Waals surface area contributed by atoms with Gasteiger partial charge >= 0.3 is 5.97 Å². The first-order chi connectivity index (χ1) is 9.06. The van der Waals surface area contributed by atoms with E-state index in [9.17, 15) is 9.18 Å². The third kappa shape index (κ3) is 3.51. The zero-order valence-corrected chi connectivity index (χ0v) is 10.6. The molecule has 1 heterocycles. The van der Waals surface area contributed by atoms with Crippen LogP contribution >= 0.6 is 11.6 Å². The lowest BCUT2D eigenvalue weighted by Crippen LogP contribution is -2.08. The summed E-state index contributed by atoms with van der Waals surface area (Å²) in [6.07, 6.45) is 2.43. The number of carboxylic acids is 1. The molecule has 0 unspecified atom stereocenters. The maximum absolute atomic E-state index is 13.2. The van der Waals surface area contributed by atoms with Gasteiger partial charge in [-0.25, -0.2) is 4.39 Å². The van der Waals surface area contributed by atoms with Gasteiger partial charge in [-0.2, -0.15) is 0 Å². The highest BCUT2D eigenvalue weighted by Crippen LogP contribution is 2.28. The summed E-state index contributed by atoms with van der Waals surface area (Å²) in [6, 6.07) is 8.13. The van der Waals surface area contributed by atoms with Crippen LogP contribution in [-0.2, 0) is 4.79 Å². The molecular formula is C14H11ClFNO2. The van der Waals surface area contributed by atoms with Crippen molar-refractivity contribution in [3.8, 4) is 0 Å². The third-order valence-electron chi connectivity index (χ3n) is 2.78. The average molecular weight is 280 g/mol. The number of benzene rings is 1. The lowest BCUT2D eigenvalue weighted by molar-refractivity contribution is -0.137. The predicted molar refractivity (Wildman–Crippen MR) is 69.7 cm³/mol. The molecule has 0 aliphatic carbocycles. The van der Waals surface area contributed by atoms with Crippen LogP contribution < -0.4 is 0 Å². The number of aromatic nitrogens is 1. The SMILES string of the molecule is O=C(O)C[C@@H](c1ccc(Cl)cc1)c1cncc(F)c1. The standard InChI is InChI=1S/C14H11ClFNO2/c15-11-3-1-9(2-4-11)13(6-14(18)19)10-5-12(16)8-17-7-10/h1-5,7-8,13H,6H2,(H,18,19)/t13-/m0/s1. The Morgan fingerprint density at radius 3 is 2.53 bits per heavy atom. The number of halogens is 2. The quantitative estimate of drug-likeness (QED) is 0.932. The van der Waals surface area contributed by atoms with Crippen LogP contribution in [0.3, 0.4) is 0 Å². The van der Waals surface area contributed by atoms with Gasteiger partial charge in [0.05, 0.1) is 12.6 Å². The molecule has 1 aromatic carbocycles. The van der Waals surface area contributed by atoms with Gasteiger partial charge in [0, 0.05) is 17.1 Å². The van der Waals surface area contributed by atoms with Crippen molar-refractivity contribution in [1.82, 2.24) is 4.98 Å². The molecule has 2 rings (SSSR count). The predicted octanol–water partition coefficient (Wildman–Crippen LogP) is 3.48. The van der Waals surface area contributed by atoms with Gasteiger partial charge in [0.1, 0.15) is 5.82 Å². The Morgan fingerprint density at radius 2 is 1.95 bits per heavy atom. The number of nitrogens with zero attached hydrogens (tertiary/aromatic N) is 1. The summed E-state index contributed by atoms with van der Waals surface area (Å²) >= 11 is 5.80. The molecule has 5 heteroatoms. The van der Waals surface area contributed by atoms with Crippen LogP contribution in [0.1, 0.15) is 23.5 Å².